The molecule has 1 saturated heterocycles. The summed E-state index contributed by atoms with van der Waals surface area (Å²) >= 11 is 6.05. The van der Waals surface area contributed by atoms with E-state index in [0.717, 1.165) is 31.3 Å². The lowest BCUT2D eigenvalue weighted by Gasteiger charge is -2.37. The van der Waals surface area contributed by atoms with Crippen molar-refractivity contribution < 1.29 is 4.74 Å². The average Bonchev–Trinajstić information content (AvgIpc) is 3.06. The minimum absolute atomic E-state index is 0.116. The lowest BCUT2D eigenvalue weighted by molar-refractivity contribution is -0.0412. The van der Waals surface area contributed by atoms with Gasteiger partial charge in [0.05, 0.1) is 25.3 Å². The van der Waals surface area contributed by atoms with Crippen molar-refractivity contribution in [3.8, 4) is 0 Å². The first-order valence-corrected chi connectivity index (χ1v) is 8.78. The number of nitrogens with one attached hydrogen (secondary N) is 1. The molecule has 2 aromatic rings. The normalized spacial score (nSPS) is 21.5. The predicted octanol–water partition coefficient (Wildman–Crippen LogP) is 2.59. The van der Waals surface area contributed by atoms with Crippen molar-refractivity contribution in [3.63, 3.8) is 0 Å². The first kappa shape index (κ1) is 17.4. The number of morpholine rings is 1. The topological polar surface area (TPSA) is 42.3 Å². The number of hydrogen-bond acceptors (Lipinski definition) is 4. The number of ether oxygens (including phenoxy) is 1. The molecule has 1 aliphatic rings. The van der Waals surface area contributed by atoms with Gasteiger partial charge in [0.15, 0.2) is 0 Å². The Morgan fingerprint density at radius 2 is 2.17 bits per heavy atom. The molecule has 5 nitrogen and oxygen atoms in total. The fourth-order valence-electron chi connectivity index (χ4n) is 3.15. The van der Waals surface area contributed by atoms with E-state index in [1.165, 1.54) is 5.56 Å². The van der Waals surface area contributed by atoms with Crippen LogP contribution >= 0.6 is 11.6 Å². The summed E-state index contributed by atoms with van der Waals surface area (Å²) in [6, 6.07) is 10.4. The molecule has 0 bridgehead atoms. The first-order chi connectivity index (χ1) is 11.6. The number of halogens is 1. The van der Waals surface area contributed by atoms with Gasteiger partial charge in [-0.2, -0.15) is 5.10 Å². The van der Waals surface area contributed by atoms with Crippen molar-refractivity contribution in [1.82, 2.24) is 20.0 Å². The lowest BCUT2D eigenvalue weighted by Crippen LogP contribution is -2.49. The van der Waals surface area contributed by atoms with Crippen LogP contribution in [0.5, 0.6) is 0 Å². The van der Waals surface area contributed by atoms with E-state index in [0.29, 0.717) is 0 Å². The Morgan fingerprint density at radius 1 is 1.38 bits per heavy atom. The van der Waals surface area contributed by atoms with Gasteiger partial charge < -0.3 is 15.0 Å². The molecule has 130 valence electrons. The third kappa shape index (κ3) is 4.57. The first-order valence-electron chi connectivity index (χ1n) is 8.41. The number of benzene rings is 1. The maximum atomic E-state index is 6.07. The zero-order chi connectivity index (χ0) is 16.9. The number of hydrogen-bond donors (Lipinski definition) is 1. The van der Waals surface area contributed by atoms with Crippen molar-refractivity contribution in [2.75, 3.05) is 26.7 Å². The van der Waals surface area contributed by atoms with Crippen molar-refractivity contribution in [2.45, 2.75) is 31.7 Å². The summed E-state index contributed by atoms with van der Waals surface area (Å²) in [7, 11) is 2.14. The molecule has 0 radical (unpaired) electrons. The van der Waals surface area contributed by atoms with Gasteiger partial charge in [0.25, 0.3) is 0 Å². The Balaban J connectivity index is 1.74. The highest BCUT2D eigenvalue weighted by Gasteiger charge is 2.29. The van der Waals surface area contributed by atoms with E-state index in [1.807, 2.05) is 35.3 Å². The molecule has 6 heteroatoms. The molecular formula is C18H25ClN4O. The van der Waals surface area contributed by atoms with Crippen molar-refractivity contribution in [2.24, 2.45) is 0 Å². The van der Waals surface area contributed by atoms with E-state index < -0.39 is 0 Å². The molecule has 0 aliphatic carbocycles. The minimum Gasteiger partial charge on any atom is -0.374 e. The van der Waals surface area contributed by atoms with Gasteiger partial charge in [0.1, 0.15) is 0 Å². The largest absolute Gasteiger partial charge is 0.374 e. The summed E-state index contributed by atoms with van der Waals surface area (Å²) in [5, 5.41) is 8.77. The van der Waals surface area contributed by atoms with Gasteiger partial charge in [-0.25, -0.2) is 0 Å². The van der Waals surface area contributed by atoms with Crippen molar-refractivity contribution >= 4 is 11.6 Å². The van der Waals surface area contributed by atoms with Crippen LogP contribution in [0.15, 0.2) is 42.7 Å². The van der Waals surface area contributed by atoms with Crippen LogP contribution in [-0.4, -0.2) is 53.6 Å². The highest BCUT2D eigenvalue weighted by Crippen LogP contribution is 2.24. The summed E-state index contributed by atoms with van der Waals surface area (Å²) in [5.74, 6) is 0. The van der Waals surface area contributed by atoms with Gasteiger partial charge in [0, 0.05) is 36.5 Å². The quantitative estimate of drug-likeness (QED) is 0.871. The molecule has 1 aromatic heterocycles. The fourth-order valence-corrected chi connectivity index (χ4v) is 3.28. The lowest BCUT2D eigenvalue weighted by atomic mass is 9.99. The third-order valence-electron chi connectivity index (χ3n) is 4.38. The minimum atomic E-state index is 0.116. The van der Waals surface area contributed by atoms with Crippen LogP contribution in [0, 0.1) is 0 Å². The second-order valence-corrected chi connectivity index (χ2v) is 6.93. The average molecular weight is 349 g/mol. The maximum absolute atomic E-state index is 6.07. The maximum Gasteiger partial charge on any atom is 0.0896 e. The molecule has 0 spiro atoms. The van der Waals surface area contributed by atoms with Crippen LogP contribution in [0.25, 0.3) is 0 Å². The van der Waals surface area contributed by atoms with Gasteiger partial charge in [-0.15, -0.1) is 0 Å². The van der Waals surface area contributed by atoms with Gasteiger partial charge in [-0.1, -0.05) is 23.7 Å². The van der Waals surface area contributed by atoms with Crippen LogP contribution in [-0.2, 0) is 11.3 Å². The zero-order valence-corrected chi connectivity index (χ0v) is 15.0. The number of likely N-dealkylation sites (N-methyl/N-ethyl adjacent to an activating group) is 1. The Hall–Kier alpha value is -1.40. The highest BCUT2D eigenvalue weighted by atomic mass is 35.5. The second kappa shape index (κ2) is 8.12. The second-order valence-electron chi connectivity index (χ2n) is 6.50. The van der Waals surface area contributed by atoms with E-state index >= 15 is 0 Å². The smallest absolute Gasteiger partial charge is 0.0896 e. The molecule has 0 saturated carbocycles. The molecule has 1 fully saturated rings. The molecule has 0 unspecified atom stereocenters. The standard InChI is InChI=1S/C18H25ClN4O/c1-14(12-23-9-3-8-20-23)21-18(15-4-6-16(19)7-5-15)17-13-22(2)10-11-24-17/h3-9,14,17-18,21H,10-13H2,1-2H3/t14-,17-,18-/m1/s1. The predicted molar refractivity (Wildman–Crippen MR) is 96.3 cm³/mol. The SMILES string of the molecule is C[C@H](Cn1cccn1)N[C@H](c1ccc(Cl)cc1)[C@H]1CN(C)CCO1. The molecule has 0 amide bonds. The van der Waals surface area contributed by atoms with Crippen LogP contribution in [0.2, 0.25) is 5.02 Å². The van der Waals surface area contributed by atoms with Crippen LogP contribution in [0.1, 0.15) is 18.5 Å². The third-order valence-corrected chi connectivity index (χ3v) is 4.63. The molecule has 2 heterocycles. The molecule has 3 atom stereocenters. The molecular weight excluding hydrogens is 324 g/mol. The van der Waals surface area contributed by atoms with Crippen LogP contribution in [0.3, 0.4) is 0 Å². The highest BCUT2D eigenvalue weighted by molar-refractivity contribution is 6.30. The van der Waals surface area contributed by atoms with Gasteiger partial charge >= 0.3 is 0 Å². The molecule has 1 aliphatic heterocycles. The van der Waals surface area contributed by atoms with Crippen LogP contribution in [0.4, 0.5) is 0 Å². The Bertz CT molecular complexity index is 616. The Kier molecular flexibility index (Phi) is 5.89. The zero-order valence-electron chi connectivity index (χ0n) is 14.2. The molecule has 24 heavy (non-hydrogen) atoms. The Labute approximate surface area is 148 Å². The van der Waals surface area contributed by atoms with E-state index in [9.17, 15) is 0 Å². The molecule has 1 aromatic carbocycles. The van der Waals surface area contributed by atoms with Crippen LogP contribution < -0.4 is 5.32 Å². The summed E-state index contributed by atoms with van der Waals surface area (Å²) in [5.41, 5.74) is 1.20. The number of rotatable bonds is 6. The fraction of sp³-hybridized carbons (Fsp3) is 0.500. The van der Waals surface area contributed by atoms with Gasteiger partial charge in [-0.3, -0.25) is 4.68 Å². The van der Waals surface area contributed by atoms with E-state index in [-0.39, 0.29) is 18.2 Å². The summed E-state index contributed by atoms with van der Waals surface area (Å²) in [4.78, 5) is 2.32. The van der Waals surface area contributed by atoms with E-state index in [2.05, 4.69) is 41.4 Å². The van der Waals surface area contributed by atoms with E-state index in [1.54, 1.807) is 0 Å². The summed E-state index contributed by atoms with van der Waals surface area (Å²) in [6.07, 6.45) is 3.91. The van der Waals surface area contributed by atoms with E-state index in [4.69, 9.17) is 16.3 Å². The number of nitrogens with zero attached hydrogens (tertiary/aromatic N) is 3. The van der Waals surface area contributed by atoms with Crippen molar-refractivity contribution in [3.05, 3.63) is 53.3 Å². The number of aromatic nitrogens is 2. The molecule has 3 rings (SSSR count). The summed E-state index contributed by atoms with van der Waals surface area (Å²) < 4.78 is 8.02. The monoisotopic (exact) mass is 348 g/mol. The van der Waals surface area contributed by atoms with Gasteiger partial charge in [0.2, 0.25) is 0 Å². The van der Waals surface area contributed by atoms with Gasteiger partial charge in [-0.05, 0) is 37.7 Å². The molecule has 1 N–H and O–H groups in total. The summed E-state index contributed by atoms with van der Waals surface area (Å²) in [6.45, 7) is 5.65. The Morgan fingerprint density at radius 3 is 2.83 bits per heavy atom. The van der Waals surface area contributed by atoms with Crippen molar-refractivity contribution in [1.29, 1.82) is 0 Å².